The number of nitrogens with one attached hydrogen (secondary N) is 1. The molecule has 1 aliphatic rings. The molecule has 14 heteroatoms. The van der Waals surface area contributed by atoms with Gasteiger partial charge >= 0.3 is 24.2 Å². The molecule has 1 aromatic carbocycles. The van der Waals surface area contributed by atoms with E-state index in [2.05, 4.69) is 10.3 Å². The number of hydrogen-bond acceptors (Lipinski definition) is 10. The largest absolute Gasteiger partial charge is 0.490 e. The van der Waals surface area contributed by atoms with Crippen molar-refractivity contribution in [1.82, 2.24) is 15.1 Å². The van der Waals surface area contributed by atoms with E-state index in [1.54, 1.807) is 86.6 Å². The number of carboxylic acid groups (broad SMARTS) is 1. The van der Waals surface area contributed by atoms with Gasteiger partial charge < -0.3 is 34.5 Å². The number of esters is 1. The van der Waals surface area contributed by atoms with Gasteiger partial charge in [0.25, 0.3) is 0 Å². The molecule has 3 N–H and O–H groups in total. The van der Waals surface area contributed by atoms with Gasteiger partial charge in [-0.15, -0.1) is 0 Å². The fourth-order valence-electron chi connectivity index (χ4n) is 3.64. The first-order chi connectivity index (χ1) is 19.6. The number of rotatable bonds is 8. The summed E-state index contributed by atoms with van der Waals surface area (Å²) in [4.78, 5) is 55.9. The van der Waals surface area contributed by atoms with Crippen LogP contribution in [0.3, 0.4) is 0 Å². The molecule has 0 saturated carbocycles. The number of ether oxygens (including phenoxy) is 4. The fourth-order valence-corrected chi connectivity index (χ4v) is 3.64. The highest BCUT2D eigenvalue weighted by atomic mass is 16.6. The summed E-state index contributed by atoms with van der Waals surface area (Å²) in [5.41, 5.74) is -1.74. The lowest BCUT2D eigenvalue weighted by molar-refractivity contribution is -0.166. The second-order valence-corrected chi connectivity index (χ2v) is 12.8. The van der Waals surface area contributed by atoms with Crippen molar-refractivity contribution in [2.75, 3.05) is 26.2 Å². The van der Waals surface area contributed by atoms with Crippen molar-refractivity contribution in [1.29, 1.82) is 0 Å². The predicted octanol–water partition coefficient (Wildman–Crippen LogP) is 3.92. The van der Waals surface area contributed by atoms with Crippen LogP contribution in [0.25, 0.3) is 0 Å². The molecule has 2 atom stereocenters. The Bertz CT molecular complexity index is 1180. The van der Waals surface area contributed by atoms with E-state index in [1.165, 1.54) is 0 Å². The van der Waals surface area contributed by atoms with Crippen LogP contribution in [0.2, 0.25) is 0 Å². The fraction of sp³-hybridized carbons (Fsp3) is 0.621. The number of aliphatic imine (C=N–C) groups is 1. The van der Waals surface area contributed by atoms with Gasteiger partial charge in [-0.1, -0.05) is 12.1 Å². The molecule has 1 heterocycles. The normalized spacial score (nSPS) is 16.1. The number of benzene rings is 1. The molecule has 3 amide bonds. The maximum absolute atomic E-state index is 13.1. The molecule has 1 unspecified atom stereocenters. The standard InChI is InChI=1S/C29H44N4O10/c1-27(2,3)41-22(35)21(34)17-40-19-12-10-18(11-13-19)20-16-33(25(37)38)23(31-20)32(26(39)43-29(7,8)9)15-14-30-24(36)42-28(4,5)6/h10-13,20-21,34H,14-17H2,1-9H3,(H,30,36)(H,37,38)/t20-,21?/m1/s1. The minimum absolute atomic E-state index is 0.0630. The highest BCUT2D eigenvalue weighted by Gasteiger charge is 2.38. The van der Waals surface area contributed by atoms with E-state index < -0.39 is 53.2 Å². The molecule has 1 aromatic rings. The van der Waals surface area contributed by atoms with E-state index >= 15 is 0 Å². The van der Waals surface area contributed by atoms with Crippen LogP contribution in [-0.2, 0) is 19.0 Å². The highest BCUT2D eigenvalue weighted by molar-refractivity contribution is 6.02. The van der Waals surface area contributed by atoms with Crippen molar-refractivity contribution in [2.24, 2.45) is 4.99 Å². The molecular weight excluding hydrogens is 564 g/mol. The van der Waals surface area contributed by atoms with Crippen LogP contribution >= 0.6 is 0 Å². The topological polar surface area (TPSA) is 177 Å². The third kappa shape index (κ3) is 12.0. The van der Waals surface area contributed by atoms with E-state index in [4.69, 9.17) is 18.9 Å². The summed E-state index contributed by atoms with van der Waals surface area (Å²) in [6.07, 6.45) is -4.34. The van der Waals surface area contributed by atoms with Gasteiger partial charge in [-0.2, -0.15) is 0 Å². The van der Waals surface area contributed by atoms with Crippen molar-refractivity contribution in [2.45, 2.75) is 91.3 Å². The van der Waals surface area contributed by atoms with Gasteiger partial charge in [-0.25, -0.2) is 34.0 Å². The molecule has 14 nitrogen and oxygen atoms in total. The number of nitrogens with zero attached hydrogens (tertiary/aromatic N) is 3. The second kappa shape index (κ2) is 13.9. The molecular formula is C29H44N4O10. The molecule has 43 heavy (non-hydrogen) atoms. The summed E-state index contributed by atoms with van der Waals surface area (Å²) in [6, 6.07) is 5.83. The molecule has 2 rings (SSSR count). The van der Waals surface area contributed by atoms with Gasteiger partial charge in [-0.3, -0.25) is 0 Å². The smallest absolute Gasteiger partial charge is 0.417 e. The summed E-state index contributed by atoms with van der Waals surface area (Å²) in [7, 11) is 0. The Hall–Kier alpha value is -4.07. The predicted molar refractivity (Wildman–Crippen MR) is 156 cm³/mol. The van der Waals surface area contributed by atoms with E-state index in [1.807, 2.05) is 0 Å². The number of amides is 3. The first-order valence-electron chi connectivity index (χ1n) is 13.8. The van der Waals surface area contributed by atoms with Gasteiger partial charge in [0.05, 0.1) is 12.6 Å². The number of aliphatic hydroxyl groups is 1. The van der Waals surface area contributed by atoms with Crippen LogP contribution in [0.5, 0.6) is 5.75 Å². The molecule has 0 bridgehead atoms. The van der Waals surface area contributed by atoms with Crippen LogP contribution in [-0.4, -0.2) is 99.4 Å². The first kappa shape index (κ1) is 35.1. The summed E-state index contributed by atoms with van der Waals surface area (Å²) >= 11 is 0. The van der Waals surface area contributed by atoms with Crippen molar-refractivity contribution >= 4 is 30.2 Å². The van der Waals surface area contributed by atoms with Crippen LogP contribution in [0.4, 0.5) is 14.4 Å². The number of guanidine groups is 1. The molecule has 240 valence electrons. The number of carbonyl (C=O) groups excluding carboxylic acids is 3. The molecule has 0 fully saturated rings. The third-order valence-electron chi connectivity index (χ3n) is 5.31. The summed E-state index contributed by atoms with van der Waals surface area (Å²) in [6.45, 7) is 14.6. The molecule has 1 aliphatic heterocycles. The Kier molecular flexibility index (Phi) is 11.4. The van der Waals surface area contributed by atoms with Crippen LogP contribution in [0.1, 0.15) is 73.9 Å². The number of carbonyl (C=O) groups is 4. The molecule has 0 spiro atoms. The van der Waals surface area contributed by atoms with E-state index in [9.17, 15) is 29.4 Å². The highest BCUT2D eigenvalue weighted by Crippen LogP contribution is 2.28. The molecule has 0 aliphatic carbocycles. The molecule has 0 aromatic heterocycles. The lowest BCUT2D eigenvalue weighted by atomic mass is 10.1. The summed E-state index contributed by atoms with van der Waals surface area (Å²) in [5, 5.41) is 22.5. The van der Waals surface area contributed by atoms with Gasteiger partial charge in [0.15, 0.2) is 6.10 Å². The monoisotopic (exact) mass is 608 g/mol. The Labute approximate surface area is 251 Å². The Morgan fingerprint density at radius 1 is 0.953 bits per heavy atom. The van der Waals surface area contributed by atoms with Crippen molar-refractivity contribution in [3.05, 3.63) is 29.8 Å². The average Bonchev–Trinajstić information content (AvgIpc) is 3.27. The second-order valence-electron chi connectivity index (χ2n) is 12.8. The zero-order valence-corrected chi connectivity index (χ0v) is 26.3. The summed E-state index contributed by atoms with van der Waals surface area (Å²) in [5.74, 6) is -0.604. The maximum Gasteiger partial charge on any atom is 0.417 e. The zero-order valence-electron chi connectivity index (χ0n) is 26.3. The first-order valence-corrected chi connectivity index (χ1v) is 13.8. The van der Waals surface area contributed by atoms with Gasteiger partial charge in [0.1, 0.15) is 29.2 Å². The minimum atomic E-state index is -1.48. The SMILES string of the molecule is CC(C)(C)OC(=O)NCCN(C(=O)OC(C)(C)C)C1=N[C@@H](c2ccc(OCC(O)C(=O)OC(C)(C)C)cc2)CN1C(=O)O. The van der Waals surface area contributed by atoms with Crippen molar-refractivity contribution in [3.63, 3.8) is 0 Å². The number of alkyl carbamates (subject to hydrolysis) is 1. The van der Waals surface area contributed by atoms with Crippen molar-refractivity contribution in [3.8, 4) is 5.75 Å². The third-order valence-corrected chi connectivity index (χ3v) is 5.31. The van der Waals surface area contributed by atoms with Crippen LogP contribution in [0, 0.1) is 0 Å². The zero-order chi connectivity index (χ0) is 32.8. The van der Waals surface area contributed by atoms with E-state index in [-0.39, 0.29) is 32.2 Å². The van der Waals surface area contributed by atoms with Crippen LogP contribution in [0.15, 0.2) is 29.3 Å². The van der Waals surface area contributed by atoms with Gasteiger partial charge in [0.2, 0.25) is 5.96 Å². The van der Waals surface area contributed by atoms with Gasteiger partial charge in [0, 0.05) is 13.1 Å². The molecule has 0 radical (unpaired) electrons. The quantitative estimate of drug-likeness (QED) is 0.290. The Morgan fingerprint density at radius 3 is 2.02 bits per heavy atom. The molecule has 0 saturated heterocycles. The van der Waals surface area contributed by atoms with E-state index in [0.29, 0.717) is 11.3 Å². The lowest BCUT2D eigenvalue weighted by Crippen LogP contribution is -2.51. The Morgan fingerprint density at radius 2 is 1.51 bits per heavy atom. The average molecular weight is 609 g/mol. The summed E-state index contributed by atoms with van der Waals surface area (Å²) < 4.78 is 21.4. The maximum atomic E-state index is 13.1. The van der Waals surface area contributed by atoms with E-state index in [0.717, 1.165) is 9.80 Å². The number of hydrogen-bond donors (Lipinski definition) is 3. The van der Waals surface area contributed by atoms with Gasteiger partial charge in [-0.05, 0) is 80.0 Å². The number of aliphatic hydroxyl groups excluding tert-OH is 1. The minimum Gasteiger partial charge on any atom is -0.490 e. The Balaban J connectivity index is 2.21. The van der Waals surface area contributed by atoms with Crippen LogP contribution < -0.4 is 10.1 Å². The van der Waals surface area contributed by atoms with Crippen molar-refractivity contribution < 1.29 is 48.3 Å². The lowest BCUT2D eigenvalue weighted by Gasteiger charge is -2.29.